The summed E-state index contributed by atoms with van der Waals surface area (Å²) in [6.07, 6.45) is 75.0. The molecular formula is C62H102O6. The Hall–Kier alpha value is -3.93. The average Bonchev–Trinajstić information content (AvgIpc) is 3.34. The molecule has 6 nitrogen and oxygen atoms in total. The summed E-state index contributed by atoms with van der Waals surface area (Å²) in [6, 6.07) is 0. The van der Waals surface area contributed by atoms with Crippen LogP contribution in [0.25, 0.3) is 0 Å². The molecule has 0 amide bonds. The lowest BCUT2D eigenvalue weighted by Crippen LogP contribution is -2.30. The van der Waals surface area contributed by atoms with Crippen molar-refractivity contribution in [3.05, 3.63) is 109 Å². The van der Waals surface area contributed by atoms with E-state index in [0.29, 0.717) is 19.3 Å². The van der Waals surface area contributed by atoms with Gasteiger partial charge in [0.1, 0.15) is 13.2 Å². The first-order valence-electron chi connectivity index (χ1n) is 28.0. The second-order valence-electron chi connectivity index (χ2n) is 18.2. The average molecular weight is 943 g/mol. The summed E-state index contributed by atoms with van der Waals surface area (Å²) in [5.74, 6) is -0.945. The second kappa shape index (κ2) is 55.7. The Morgan fingerprint density at radius 2 is 0.662 bits per heavy atom. The van der Waals surface area contributed by atoms with Gasteiger partial charge in [-0.3, -0.25) is 14.4 Å². The van der Waals surface area contributed by atoms with Crippen LogP contribution in [0.4, 0.5) is 0 Å². The quantitative estimate of drug-likeness (QED) is 0.0199. The summed E-state index contributed by atoms with van der Waals surface area (Å²) >= 11 is 0. The third kappa shape index (κ3) is 53.0. The molecule has 68 heavy (non-hydrogen) atoms. The molecule has 0 saturated heterocycles. The van der Waals surface area contributed by atoms with Crippen LogP contribution in [0.3, 0.4) is 0 Å². The standard InChI is InChI=1S/C62H102O6/c1-4-7-10-13-16-19-22-25-27-29-31-33-34-37-40-43-46-49-52-55-61(64)67-58-59(57-66-60(63)54-51-48-45-42-39-36-24-21-18-15-12-9-6-3)68-62(65)56-53-50-47-44-41-38-35-32-30-28-26-23-20-17-14-11-8-5-2/h7,10-11,14,16-17,19-20,23,25-28,30,32,35-36,39,59H,4-6,8-9,12-13,15,18,21-22,24,29,31,33-34,37-38,40-58H2,1-3H3/b10-7-,14-11-,19-16-,20-17-,26-23-,27-25-,30-28-,35-32-,39-36-. The first-order chi connectivity index (χ1) is 33.5. The van der Waals surface area contributed by atoms with E-state index < -0.39 is 6.10 Å². The molecule has 0 aliphatic heterocycles. The van der Waals surface area contributed by atoms with Crippen LogP contribution in [0.1, 0.15) is 245 Å². The number of rotatable bonds is 49. The highest BCUT2D eigenvalue weighted by molar-refractivity contribution is 5.71. The Morgan fingerprint density at radius 1 is 0.324 bits per heavy atom. The predicted octanol–water partition coefficient (Wildman–Crippen LogP) is 18.7. The molecule has 0 fully saturated rings. The third-order valence-corrected chi connectivity index (χ3v) is 11.6. The SMILES string of the molecule is CC/C=C\C/C=C\C/C=C\CCCCCCCCCCCC(=O)OCC(COC(=O)CCCCC/C=C\CCCCCCCC)OC(=O)CCCCCCC\C=C/C=C\C=C/C=C\C=C/CCC. The summed E-state index contributed by atoms with van der Waals surface area (Å²) in [4.78, 5) is 38.1. The van der Waals surface area contributed by atoms with Crippen molar-refractivity contribution in [2.24, 2.45) is 0 Å². The van der Waals surface area contributed by atoms with Crippen LogP contribution < -0.4 is 0 Å². The van der Waals surface area contributed by atoms with Crippen LogP contribution in [0.5, 0.6) is 0 Å². The largest absolute Gasteiger partial charge is 0.462 e. The van der Waals surface area contributed by atoms with Gasteiger partial charge in [-0.25, -0.2) is 0 Å². The molecule has 0 N–H and O–H groups in total. The number of ether oxygens (including phenoxy) is 3. The Balaban J connectivity index is 4.46. The fraction of sp³-hybridized carbons (Fsp3) is 0.661. The highest BCUT2D eigenvalue weighted by atomic mass is 16.6. The van der Waals surface area contributed by atoms with Crippen LogP contribution >= 0.6 is 0 Å². The van der Waals surface area contributed by atoms with Crippen molar-refractivity contribution in [1.29, 1.82) is 0 Å². The van der Waals surface area contributed by atoms with Crippen molar-refractivity contribution < 1.29 is 28.6 Å². The van der Waals surface area contributed by atoms with E-state index >= 15 is 0 Å². The van der Waals surface area contributed by atoms with Gasteiger partial charge in [0.05, 0.1) is 0 Å². The second-order valence-corrected chi connectivity index (χ2v) is 18.2. The smallest absolute Gasteiger partial charge is 0.306 e. The molecular weight excluding hydrogens is 841 g/mol. The predicted molar refractivity (Wildman–Crippen MR) is 293 cm³/mol. The lowest BCUT2D eigenvalue weighted by Gasteiger charge is -2.18. The number of allylic oxidation sites excluding steroid dienone is 18. The summed E-state index contributed by atoms with van der Waals surface area (Å²) in [6.45, 7) is 6.39. The van der Waals surface area contributed by atoms with Gasteiger partial charge >= 0.3 is 17.9 Å². The molecule has 0 spiro atoms. The number of hydrogen-bond acceptors (Lipinski definition) is 6. The minimum Gasteiger partial charge on any atom is -0.462 e. The lowest BCUT2D eigenvalue weighted by atomic mass is 10.1. The first-order valence-corrected chi connectivity index (χ1v) is 28.0. The highest BCUT2D eigenvalue weighted by Crippen LogP contribution is 2.14. The minimum atomic E-state index is -0.802. The van der Waals surface area contributed by atoms with Gasteiger partial charge in [0.2, 0.25) is 0 Å². The Morgan fingerprint density at radius 3 is 1.12 bits per heavy atom. The van der Waals surface area contributed by atoms with E-state index in [1.807, 2.05) is 24.3 Å². The van der Waals surface area contributed by atoms with E-state index in [0.717, 1.165) is 116 Å². The van der Waals surface area contributed by atoms with Gasteiger partial charge in [0.25, 0.3) is 0 Å². The molecule has 0 aromatic heterocycles. The van der Waals surface area contributed by atoms with E-state index in [2.05, 4.69) is 106 Å². The minimum absolute atomic E-state index is 0.0977. The highest BCUT2D eigenvalue weighted by Gasteiger charge is 2.19. The van der Waals surface area contributed by atoms with Crippen molar-refractivity contribution in [2.75, 3.05) is 13.2 Å². The molecule has 6 heteroatoms. The number of carbonyl (C=O) groups excluding carboxylic acids is 3. The molecule has 0 rings (SSSR count). The normalized spacial score (nSPS) is 12.9. The number of carbonyl (C=O) groups is 3. The molecule has 386 valence electrons. The topological polar surface area (TPSA) is 78.9 Å². The van der Waals surface area contributed by atoms with Crippen LogP contribution in [0.2, 0.25) is 0 Å². The molecule has 0 aromatic rings. The first kappa shape index (κ1) is 64.1. The van der Waals surface area contributed by atoms with Crippen LogP contribution in [-0.4, -0.2) is 37.2 Å². The van der Waals surface area contributed by atoms with Crippen LogP contribution in [0.15, 0.2) is 109 Å². The summed E-state index contributed by atoms with van der Waals surface area (Å²) in [5.41, 5.74) is 0. The molecule has 0 aromatic carbocycles. The monoisotopic (exact) mass is 943 g/mol. The molecule has 0 aliphatic carbocycles. The van der Waals surface area contributed by atoms with Gasteiger partial charge in [-0.2, -0.15) is 0 Å². The molecule has 1 atom stereocenters. The zero-order valence-corrected chi connectivity index (χ0v) is 44.1. The maximum atomic E-state index is 12.8. The number of hydrogen-bond donors (Lipinski definition) is 0. The summed E-state index contributed by atoms with van der Waals surface area (Å²) in [7, 11) is 0. The Bertz CT molecular complexity index is 1410. The molecule has 0 bridgehead atoms. The number of unbranched alkanes of at least 4 members (excludes halogenated alkanes) is 24. The maximum Gasteiger partial charge on any atom is 0.306 e. The van der Waals surface area contributed by atoms with Crippen molar-refractivity contribution in [2.45, 2.75) is 252 Å². The van der Waals surface area contributed by atoms with Gasteiger partial charge in [-0.15, -0.1) is 0 Å². The van der Waals surface area contributed by atoms with E-state index in [4.69, 9.17) is 14.2 Å². The van der Waals surface area contributed by atoms with Gasteiger partial charge in [-0.05, 0) is 96.3 Å². The van der Waals surface area contributed by atoms with Crippen LogP contribution in [-0.2, 0) is 28.6 Å². The van der Waals surface area contributed by atoms with Crippen molar-refractivity contribution in [3.63, 3.8) is 0 Å². The van der Waals surface area contributed by atoms with Crippen LogP contribution in [0, 0.1) is 0 Å². The van der Waals surface area contributed by atoms with Crippen molar-refractivity contribution in [1.82, 2.24) is 0 Å². The Labute approximate surface area is 419 Å². The molecule has 0 saturated carbocycles. The molecule has 1 unspecified atom stereocenters. The molecule has 0 aliphatic rings. The zero-order chi connectivity index (χ0) is 49.3. The van der Waals surface area contributed by atoms with E-state index in [-0.39, 0.29) is 31.1 Å². The summed E-state index contributed by atoms with van der Waals surface area (Å²) in [5, 5.41) is 0. The third-order valence-electron chi connectivity index (χ3n) is 11.6. The van der Waals surface area contributed by atoms with E-state index in [9.17, 15) is 14.4 Å². The fourth-order valence-corrected chi connectivity index (χ4v) is 7.42. The Kier molecular flexibility index (Phi) is 52.4. The fourth-order valence-electron chi connectivity index (χ4n) is 7.42. The van der Waals surface area contributed by atoms with Gasteiger partial charge < -0.3 is 14.2 Å². The van der Waals surface area contributed by atoms with Crippen molar-refractivity contribution in [3.8, 4) is 0 Å². The lowest BCUT2D eigenvalue weighted by molar-refractivity contribution is -0.167. The van der Waals surface area contributed by atoms with Gasteiger partial charge in [0, 0.05) is 19.3 Å². The van der Waals surface area contributed by atoms with Crippen molar-refractivity contribution >= 4 is 17.9 Å². The van der Waals surface area contributed by atoms with Gasteiger partial charge in [0.15, 0.2) is 6.10 Å². The number of esters is 3. The van der Waals surface area contributed by atoms with Gasteiger partial charge in [-0.1, -0.05) is 239 Å². The van der Waals surface area contributed by atoms with E-state index in [1.54, 1.807) is 0 Å². The molecule has 0 radical (unpaired) electrons. The zero-order valence-electron chi connectivity index (χ0n) is 44.1. The van der Waals surface area contributed by atoms with E-state index in [1.165, 1.54) is 89.9 Å². The maximum absolute atomic E-state index is 12.8. The summed E-state index contributed by atoms with van der Waals surface area (Å²) < 4.78 is 16.8. The molecule has 0 heterocycles.